The first-order chi connectivity index (χ1) is 8.70. The van der Waals surface area contributed by atoms with Gasteiger partial charge in [-0.15, -0.1) is 0 Å². The van der Waals surface area contributed by atoms with Crippen LogP contribution in [0.1, 0.15) is 39.5 Å². The first-order valence-corrected chi connectivity index (χ1v) is 6.29. The zero-order valence-electron chi connectivity index (χ0n) is 11.1. The van der Waals surface area contributed by atoms with E-state index in [4.69, 9.17) is 9.47 Å². The van der Waals surface area contributed by atoms with E-state index in [1.807, 2.05) is 0 Å². The highest BCUT2D eigenvalue weighted by atomic mass is 16.7. The summed E-state index contributed by atoms with van der Waals surface area (Å²) < 4.78 is 18.8. The molecule has 18 heavy (non-hydrogen) atoms. The van der Waals surface area contributed by atoms with Gasteiger partial charge in [0.2, 0.25) is 0 Å². The molecule has 0 aromatic heterocycles. The fraction of sp³-hybridized carbons (Fsp3) is 0.833. The molecule has 0 unspecified atom stereocenters. The van der Waals surface area contributed by atoms with Crippen molar-refractivity contribution in [3.05, 3.63) is 0 Å². The molecule has 0 radical (unpaired) electrons. The van der Waals surface area contributed by atoms with Crippen molar-refractivity contribution in [2.24, 2.45) is 0 Å². The summed E-state index contributed by atoms with van der Waals surface area (Å²) in [6, 6.07) is 0. The molecular formula is C12H22O6. The Hall–Kier alpha value is -1.46. The average molecular weight is 262 g/mol. The second kappa shape index (κ2) is 12.0. The number of hydrogen-bond donors (Lipinski definition) is 0. The van der Waals surface area contributed by atoms with Gasteiger partial charge in [0, 0.05) is 0 Å². The Bertz CT molecular complexity index is 205. The Morgan fingerprint density at radius 1 is 0.667 bits per heavy atom. The molecule has 0 aromatic carbocycles. The molecule has 0 saturated carbocycles. The first-order valence-electron chi connectivity index (χ1n) is 6.29. The molecule has 0 saturated heterocycles. The highest BCUT2D eigenvalue weighted by Gasteiger charge is 2.02. The molecule has 106 valence electrons. The number of carbonyl (C=O) groups is 2. The number of rotatable bonds is 9. The summed E-state index contributed by atoms with van der Waals surface area (Å²) in [6.45, 7) is 4.82. The van der Waals surface area contributed by atoms with Gasteiger partial charge in [-0.25, -0.2) is 9.59 Å². The number of ether oxygens (including phenoxy) is 4. The molecule has 0 atom stereocenters. The van der Waals surface area contributed by atoms with Gasteiger partial charge in [0.25, 0.3) is 0 Å². The van der Waals surface area contributed by atoms with E-state index in [0.717, 1.165) is 25.7 Å². The van der Waals surface area contributed by atoms with Crippen LogP contribution in [0.4, 0.5) is 9.59 Å². The average Bonchev–Trinajstić information content (AvgIpc) is 2.33. The molecule has 0 heterocycles. The van der Waals surface area contributed by atoms with Crippen molar-refractivity contribution in [1.82, 2.24) is 0 Å². The van der Waals surface area contributed by atoms with Crippen molar-refractivity contribution < 1.29 is 28.5 Å². The predicted molar refractivity (Wildman–Crippen MR) is 64.4 cm³/mol. The van der Waals surface area contributed by atoms with Gasteiger partial charge >= 0.3 is 12.3 Å². The van der Waals surface area contributed by atoms with Crippen LogP contribution in [0.3, 0.4) is 0 Å². The summed E-state index contributed by atoms with van der Waals surface area (Å²) in [4.78, 5) is 21.6. The molecule has 0 fully saturated rings. The minimum absolute atomic E-state index is 0.323. The Morgan fingerprint density at radius 3 is 1.39 bits per heavy atom. The van der Waals surface area contributed by atoms with E-state index in [9.17, 15) is 9.59 Å². The number of hydrogen-bond acceptors (Lipinski definition) is 6. The molecule has 0 aliphatic rings. The molecule has 0 aliphatic heterocycles. The van der Waals surface area contributed by atoms with E-state index in [-0.39, 0.29) is 0 Å². The van der Waals surface area contributed by atoms with Crippen LogP contribution < -0.4 is 0 Å². The molecule has 0 spiro atoms. The van der Waals surface area contributed by atoms with Gasteiger partial charge in [-0.05, 0) is 39.5 Å². The highest BCUT2D eigenvalue weighted by molar-refractivity contribution is 5.59. The van der Waals surface area contributed by atoms with Crippen LogP contribution in [0.15, 0.2) is 0 Å². The summed E-state index contributed by atoms with van der Waals surface area (Å²) in [7, 11) is 0. The van der Waals surface area contributed by atoms with Crippen LogP contribution in [0.5, 0.6) is 0 Å². The lowest BCUT2D eigenvalue weighted by molar-refractivity contribution is 0.0542. The van der Waals surface area contributed by atoms with Crippen molar-refractivity contribution >= 4 is 12.3 Å². The van der Waals surface area contributed by atoms with Crippen LogP contribution in [0.2, 0.25) is 0 Å². The lowest BCUT2D eigenvalue weighted by atomic mass is 10.2. The summed E-state index contributed by atoms with van der Waals surface area (Å²) >= 11 is 0. The van der Waals surface area contributed by atoms with Crippen molar-refractivity contribution in [3.8, 4) is 0 Å². The van der Waals surface area contributed by atoms with E-state index in [2.05, 4.69) is 9.47 Å². The van der Waals surface area contributed by atoms with Crippen LogP contribution in [-0.2, 0) is 18.9 Å². The lowest BCUT2D eigenvalue weighted by Gasteiger charge is -2.05. The number of unbranched alkanes of at least 4 members (excludes halogenated alkanes) is 3. The lowest BCUT2D eigenvalue weighted by Crippen LogP contribution is -2.09. The molecule has 6 nitrogen and oxygen atoms in total. The molecular weight excluding hydrogens is 240 g/mol. The van der Waals surface area contributed by atoms with Crippen LogP contribution in [0, 0.1) is 0 Å². The van der Waals surface area contributed by atoms with Crippen LogP contribution in [-0.4, -0.2) is 38.7 Å². The van der Waals surface area contributed by atoms with E-state index in [1.54, 1.807) is 13.8 Å². The van der Waals surface area contributed by atoms with Crippen molar-refractivity contribution in [2.75, 3.05) is 26.4 Å². The molecule has 0 aliphatic carbocycles. The van der Waals surface area contributed by atoms with E-state index < -0.39 is 12.3 Å². The quantitative estimate of drug-likeness (QED) is 0.470. The first kappa shape index (κ1) is 16.5. The second-order valence-corrected chi connectivity index (χ2v) is 3.48. The standard InChI is InChI=1S/C12H22O6/c1-3-15-11(13)17-9-7-5-6-8-10-18-12(14)16-4-2/h3-10H2,1-2H3. The summed E-state index contributed by atoms with van der Waals surface area (Å²) in [5.74, 6) is 0. The van der Waals surface area contributed by atoms with Gasteiger partial charge in [-0.1, -0.05) is 0 Å². The molecule has 0 N–H and O–H groups in total. The van der Waals surface area contributed by atoms with Gasteiger partial charge in [0.15, 0.2) is 0 Å². The van der Waals surface area contributed by atoms with Crippen LogP contribution >= 0.6 is 0 Å². The predicted octanol–water partition coefficient (Wildman–Crippen LogP) is 2.89. The Morgan fingerprint density at radius 2 is 1.06 bits per heavy atom. The molecule has 0 aromatic rings. The highest BCUT2D eigenvalue weighted by Crippen LogP contribution is 2.01. The third-order valence-electron chi connectivity index (χ3n) is 2.00. The third kappa shape index (κ3) is 11.0. The van der Waals surface area contributed by atoms with Crippen molar-refractivity contribution in [1.29, 1.82) is 0 Å². The maximum absolute atomic E-state index is 10.8. The van der Waals surface area contributed by atoms with E-state index >= 15 is 0 Å². The Kier molecular flexibility index (Phi) is 11.0. The van der Waals surface area contributed by atoms with Gasteiger partial charge < -0.3 is 18.9 Å². The molecule has 6 heteroatoms. The maximum Gasteiger partial charge on any atom is 0.508 e. The zero-order chi connectivity index (χ0) is 13.6. The van der Waals surface area contributed by atoms with Crippen LogP contribution in [0.25, 0.3) is 0 Å². The van der Waals surface area contributed by atoms with Crippen molar-refractivity contribution in [2.45, 2.75) is 39.5 Å². The van der Waals surface area contributed by atoms with Gasteiger partial charge in [-0.3, -0.25) is 0 Å². The minimum atomic E-state index is -0.622. The summed E-state index contributed by atoms with van der Waals surface area (Å²) in [5.41, 5.74) is 0. The van der Waals surface area contributed by atoms with Gasteiger partial charge in [0.1, 0.15) is 0 Å². The fourth-order valence-electron chi connectivity index (χ4n) is 1.19. The van der Waals surface area contributed by atoms with E-state index in [0.29, 0.717) is 26.4 Å². The second-order valence-electron chi connectivity index (χ2n) is 3.48. The largest absolute Gasteiger partial charge is 0.508 e. The minimum Gasteiger partial charge on any atom is -0.435 e. The zero-order valence-corrected chi connectivity index (χ0v) is 11.1. The smallest absolute Gasteiger partial charge is 0.435 e. The number of carbonyl (C=O) groups excluding carboxylic acids is 2. The topological polar surface area (TPSA) is 71.1 Å². The summed E-state index contributed by atoms with van der Waals surface area (Å²) in [5, 5.41) is 0. The normalized spacial score (nSPS) is 9.67. The SMILES string of the molecule is CCOC(=O)OCCCCCCOC(=O)OCC. The molecule has 0 rings (SSSR count). The monoisotopic (exact) mass is 262 g/mol. The van der Waals surface area contributed by atoms with E-state index in [1.165, 1.54) is 0 Å². The molecule has 0 amide bonds. The van der Waals surface area contributed by atoms with Crippen molar-refractivity contribution in [3.63, 3.8) is 0 Å². The van der Waals surface area contributed by atoms with Gasteiger partial charge in [-0.2, -0.15) is 0 Å². The Labute approximate surface area is 108 Å². The summed E-state index contributed by atoms with van der Waals surface area (Å²) in [6.07, 6.45) is 2.12. The Balaban J connectivity index is 3.16. The molecule has 0 bridgehead atoms. The maximum atomic E-state index is 10.8. The van der Waals surface area contributed by atoms with Gasteiger partial charge in [0.05, 0.1) is 26.4 Å². The third-order valence-corrected chi connectivity index (χ3v) is 2.00. The fourth-order valence-corrected chi connectivity index (χ4v) is 1.19.